The summed E-state index contributed by atoms with van der Waals surface area (Å²) in [4.78, 5) is 15.4. The van der Waals surface area contributed by atoms with Gasteiger partial charge in [-0.25, -0.2) is 0 Å². The second-order valence-electron chi connectivity index (χ2n) is 5.86. The van der Waals surface area contributed by atoms with Gasteiger partial charge in [-0.15, -0.1) is 11.8 Å². The first kappa shape index (κ1) is 15.2. The Hall–Kier alpha value is -0.710. The molecular weight excluding hydrogens is 304 g/mol. The monoisotopic (exact) mass is 324 g/mol. The Labute approximate surface area is 135 Å². The van der Waals surface area contributed by atoms with Gasteiger partial charge in [0.2, 0.25) is 5.91 Å². The summed E-state index contributed by atoms with van der Waals surface area (Å²) in [5.41, 5.74) is 0. The molecule has 0 bridgehead atoms. The summed E-state index contributed by atoms with van der Waals surface area (Å²) < 4.78 is 0. The van der Waals surface area contributed by atoms with Gasteiger partial charge in [-0.05, 0) is 49.9 Å². The maximum absolute atomic E-state index is 12.4. The number of nitrogens with zero attached hydrogens (tertiary/aromatic N) is 1. The van der Waals surface area contributed by atoms with Crippen LogP contribution in [0.3, 0.4) is 0 Å². The van der Waals surface area contributed by atoms with Crippen molar-refractivity contribution in [2.75, 3.05) is 31.9 Å². The molecule has 3 rings (SSSR count). The van der Waals surface area contributed by atoms with Crippen LogP contribution in [0.15, 0.2) is 29.2 Å². The second kappa shape index (κ2) is 7.03. The topological polar surface area (TPSA) is 32.3 Å². The van der Waals surface area contributed by atoms with Crippen LogP contribution in [0, 0.1) is 11.8 Å². The highest BCUT2D eigenvalue weighted by molar-refractivity contribution is 8.00. The normalized spacial score (nSPS) is 25.5. The van der Waals surface area contributed by atoms with E-state index in [2.05, 4.69) is 5.32 Å². The van der Waals surface area contributed by atoms with Crippen molar-refractivity contribution in [3.05, 3.63) is 29.3 Å². The zero-order valence-corrected chi connectivity index (χ0v) is 13.6. The van der Waals surface area contributed by atoms with Crippen LogP contribution >= 0.6 is 23.4 Å². The fourth-order valence-electron chi connectivity index (χ4n) is 3.26. The van der Waals surface area contributed by atoms with Crippen LogP contribution in [0.25, 0.3) is 0 Å². The summed E-state index contributed by atoms with van der Waals surface area (Å²) in [5.74, 6) is 2.25. The standard InChI is InChI=1S/C16H21ClN2OS/c17-14-3-1-2-4-15(14)21-11-16(20)19-7-5-12-9-18-10-13(12)6-8-19/h1-4,12-13,18H,5-11H2/t12-,13+. The fraction of sp³-hybridized carbons (Fsp3) is 0.562. The van der Waals surface area contributed by atoms with E-state index in [0.29, 0.717) is 5.75 Å². The minimum atomic E-state index is 0.243. The zero-order chi connectivity index (χ0) is 14.7. The lowest BCUT2D eigenvalue weighted by atomic mass is 9.92. The van der Waals surface area contributed by atoms with Gasteiger partial charge in [0.1, 0.15) is 0 Å². The van der Waals surface area contributed by atoms with Gasteiger partial charge in [-0.1, -0.05) is 23.7 Å². The van der Waals surface area contributed by atoms with Crippen LogP contribution in [0.1, 0.15) is 12.8 Å². The predicted molar refractivity (Wildman–Crippen MR) is 87.8 cm³/mol. The van der Waals surface area contributed by atoms with Gasteiger partial charge in [0.25, 0.3) is 0 Å². The van der Waals surface area contributed by atoms with Crippen molar-refractivity contribution in [1.29, 1.82) is 0 Å². The van der Waals surface area contributed by atoms with E-state index in [9.17, 15) is 4.79 Å². The molecular formula is C16H21ClN2OS. The third kappa shape index (κ3) is 3.74. The molecule has 2 heterocycles. The lowest BCUT2D eigenvalue weighted by Crippen LogP contribution is -2.34. The molecule has 0 saturated carbocycles. The minimum Gasteiger partial charge on any atom is -0.342 e. The first-order chi connectivity index (χ1) is 10.2. The average molecular weight is 325 g/mol. The molecule has 2 aliphatic rings. The van der Waals surface area contributed by atoms with E-state index in [-0.39, 0.29) is 5.91 Å². The molecule has 5 heteroatoms. The molecule has 1 aromatic rings. The molecule has 1 N–H and O–H groups in total. The van der Waals surface area contributed by atoms with Gasteiger partial charge >= 0.3 is 0 Å². The molecule has 1 amide bonds. The highest BCUT2D eigenvalue weighted by Crippen LogP contribution is 2.29. The molecule has 21 heavy (non-hydrogen) atoms. The van der Waals surface area contributed by atoms with Gasteiger partial charge in [0, 0.05) is 18.0 Å². The maximum atomic E-state index is 12.4. The number of hydrogen-bond acceptors (Lipinski definition) is 3. The van der Waals surface area contributed by atoms with Crippen LogP contribution in [0.4, 0.5) is 0 Å². The first-order valence-corrected chi connectivity index (χ1v) is 8.96. The van der Waals surface area contributed by atoms with E-state index < -0.39 is 0 Å². The molecule has 0 unspecified atom stereocenters. The number of carbonyl (C=O) groups is 1. The highest BCUT2D eigenvalue weighted by atomic mass is 35.5. The van der Waals surface area contributed by atoms with Gasteiger partial charge < -0.3 is 10.2 Å². The Morgan fingerprint density at radius 3 is 2.57 bits per heavy atom. The lowest BCUT2D eigenvalue weighted by Gasteiger charge is -2.20. The number of amides is 1. The maximum Gasteiger partial charge on any atom is 0.232 e. The largest absolute Gasteiger partial charge is 0.342 e. The number of halogens is 1. The number of carbonyl (C=O) groups excluding carboxylic acids is 1. The number of rotatable bonds is 3. The molecule has 2 saturated heterocycles. The van der Waals surface area contributed by atoms with E-state index in [1.807, 2.05) is 29.2 Å². The number of hydrogen-bond donors (Lipinski definition) is 1. The Bertz CT molecular complexity index is 497. The number of nitrogens with one attached hydrogen (secondary N) is 1. The summed E-state index contributed by atoms with van der Waals surface area (Å²) >= 11 is 7.67. The van der Waals surface area contributed by atoms with Crippen molar-refractivity contribution in [1.82, 2.24) is 10.2 Å². The van der Waals surface area contributed by atoms with Crippen molar-refractivity contribution in [2.24, 2.45) is 11.8 Å². The molecule has 2 atom stereocenters. The number of thioether (sulfide) groups is 1. The van der Waals surface area contributed by atoms with Gasteiger partial charge in [0.15, 0.2) is 0 Å². The summed E-state index contributed by atoms with van der Waals surface area (Å²) in [6, 6.07) is 7.71. The van der Waals surface area contributed by atoms with Crippen molar-refractivity contribution in [3.63, 3.8) is 0 Å². The van der Waals surface area contributed by atoms with Crippen LogP contribution in [0.5, 0.6) is 0 Å². The third-order valence-corrected chi connectivity index (χ3v) is 6.06. The van der Waals surface area contributed by atoms with Crippen LogP contribution in [-0.4, -0.2) is 42.7 Å². The number of likely N-dealkylation sites (tertiary alicyclic amines) is 1. The van der Waals surface area contributed by atoms with Gasteiger partial charge in [0.05, 0.1) is 10.8 Å². The summed E-state index contributed by atoms with van der Waals surface area (Å²) in [5, 5.41) is 4.20. The van der Waals surface area contributed by atoms with Crippen LogP contribution in [-0.2, 0) is 4.79 Å². The zero-order valence-electron chi connectivity index (χ0n) is 12.1. The first-order valence-electron chi connectivity index (χ1n) is 7.60. The Balaban J connectivity index is 1.52. The van der Waals surface area contributed by atoms with Crippen molar-refractivity contribution >= 4 is 29.3 Å². The molecule has 0 radical (unpaired) electrons. The molecule has 0 aromatic heterocycles. The molecule has 2 fully saturated rings. The second-order valence-corrected chi connectivity index (χ2v) is 7.28. The van der Waals surface area contributed by atoms with Crippen molar-refractivity contribution < 1.29 is 4.79 Å². The Kier molecular flexibility index (Phi) is 5.09. The van der Waals surface area contributed by atoms with Crippen molar-refractivity contribution in [2.45, 2.75) is 17.7 Å². The lowest BCUT2D eigenvalue weighted by molar-refractivity contribution is -0.128. The molecule has 0 aliphatic carbocycles. The SMILES string of the molecule is O=C(CSc1ccccc1Cl)N1CC[C@@H]2CNC[C@@H]2CC1. The predicted octanol–water partition coefficient (Wildman–Crippen LogP) is 2.89. The fourth-order valence-corrected chi connectivity index (χ4v) is 4.40. The van der Waals surface area contributed by atoms with Crippen LogP contribution < -0.4 is 5.32 Å². The number of fused-ring (bicyclic) bond motifs is 1. The Morgan fingerprint density at radius 2 is 1.90 bits per heavy atom. The summed E-state index contributed by atoms with van der Waals surface area (Å²) in [7, 11) is 0. The van der Waals surface area contributed by atoms with E-state index in [4.69, 9.17) is 11.6 Å². The summed E-state index contributed by atoms with van der Waals surface area (Å²) in [6.45, 7) is 4.07. The molecule has 114 valence electrons. The smallest absolute Gasteiger partial charge is 0.232 e. The molecule has 3 nitrogen and oxygen atoms in total. The molecule has 2 aliphatic heterocycles. The van der Waals surface area contributed by atoms with Gasteiger partial charge in [-0.2, -0.15) is 0 Å². The van der Waals surface area contributed by atoms with Gasteiger partial charge in [-0.3, -0.25) is 4.79 Å². The van der Waals surface area contributed by atoms with E-state index in [0.717, 1.165) is 60.8 Å². The third-order valence-electron chi connectivity index (χ3n) is 4.56. The molecule has 0 spiro atoms. The quantitative estimate of drug-likeness (QED) is 0.868. The van der Waals surface area contributed by atoms with E-state index >= 15 is 0 Å². The van der Waals surface area contributed by atoms with E-state index in [1.165, 1.54) is 0 Å². The molecule has 1 aromatic carbocycles. The number of benzene rings is 1. The average Bonchev–Trinajstić information content (AvgIpc) is 2.85. The summed E-state index contributed by atoms with van der Waals surface area (Å²) in [6.07, 6.45) is 2.28. The van der Waals surface area contributed by atoms with Crippen LogP contribution in [0.2, 0.25) is 5.02 Å². The minimum absolute atomic E-state index is 0.243. The Morgan fingerprint density at radius 1 is 1.24 bits per heavy atom. The van der Waals surface area contributed by atoms with E-state index in [1.54, 1.807) is 11.8 Å². The van der Waals surface area contributed by atoms with Crippen molar-refractivity contribution in [3.8, 4) is 0 Å². The highest BCUT2D eigenvalue weighted by Gasteiger charge is 2.31.